The van der Waals surface area contributed by atoms with Crippen molar-refractivity contribution in [2.45, 2.75) is 12.1 Å². The summed E-state index contributed by atoms with van der Waals surface area (Å²) in [6.45, 7) is -0.254. The van der Waals surface area contributed by atoms with Gasteiger partial charge in [-0.3, -0.25) is 0 Å². The number of rotatable bonds is 2. The van der Waals surface area contributed by atoms with Crippen molar-refractivity contribution >= 4 is 27.7 Å². The molecule has 0 spiro atoms. The summed E-state index contributed by atoms with van der Waals surface area (Å²) < 4.78 is 66.6. The Labute approximate surface area is 110 Å². The van der Waals surface area contributed by atoms with Gasteiger partial charge >= 0.3 is 21.6 Å². The smallest absolute Gasteiger partial charge is 0.457 e. The van der Waals surface area contributed by atoms with Gasteiger partial charge in [0.2, 0.25) is 0 Å². The van der Waals surface area contributed by atoms with Gasteiger partial charge in [-0.2, -0.15) is 21.6 Å². The van der Waals surface area contributed by atoms with Crippen molar-refractivity contribution in [3.8, 4) is 5.75 Å². The second-order valence-electron chi connectivity index (χ2n) is 3.46. The zero-order valence-corrected chi connectivity index (χ0v) is 10.4. The van der Waals surface area contributed by atoms with Crippen LogP contribution in [0.5, 0.6) is 5.75 Å². The average Bonchev–Trinajstić information content (AvgIpc) is 2.63. The van der Waals surface area contributed by atoms with Crippen molar-refractivity contribution in [3.05, 3.63) is 28.3 Å². The number of hydrogen-bond acceptors (Lipinski definition) is 5. The Hall–Kier alpha value is -1.48. The molecule has 0 saturated heterocycles. The molecule has 0 saturated carbocycles. The molecule has 0 bridgehead atoms. The fourth-order valence-corrected chi connectivity index (χ4v) is 2.15. The van der Waals surface area contributed by atoms with Crippen LogP contribution in [-0.4, -0.2) is 19.9 Å². The van der Waals surface area contributed by atoms with E-state index in [0.29, 0.717) is 0 Å². The normalized spacial score (nSPS) is 15.1. The first kappa shape index (κ1) is 13.9. The molecule has 0 aliphatic carbocycles. The molecule has 0 atom stereocenters. The molecule has 0 unspecified atom stereocenters. The van der Waals surface area contributed by atoms with E-state index < -0.39 is 32.4 Å². The Morgan fingerprint density at radius 3 is 2.53 bits per heavy atom. The zero-order chi connectivity index (χ0) is 14.4. The summed E-state index contributed by atoms with van der Waals surface area (Å²) in [5.74, 6) is -1.40. The number of carbonyl (C=O) groups is 1. The van der Waals surface area contributed by atoms with Gasteiger partial charge in [-0.25, -0.2) is 4.79 Å². The molecule has 0 radical (unpaired) electrons. The Bertz CT molecular complexity index is 653. The number of cyclic esters (lactones) is 1. The van der Waals surface area contributed by atoms with Gasteiger partial charge in [-0.15, -0.1) is 0 Å². The highest BCUT2D eigenvalue weighted by Crippen LogP contribution is 2.37. The second-order valence-corrected chi connectivity index (χ2v) is 5.38. The predicted molar refractivity (Wildman–Crippen MR) is 56.2 cm³/mol. The summed E-state index contributed by atoms with van der Waals surface area (Å²) in [4.78, 5) is 11.2. The molecule has 10 heteroatoms. The van der Waals surface area contributed by atoms with E-state index in [9.17, 15) is 26.4 Å². The SMILES string of the molecule is O=C1OCc2c1ccc(OS(=O)(=O)C(F)(F)F)c2Cl. The molecule has 1 aromatic carbocycles. The van der Waals surface area contributed by atoms with E-state index >= 15 is 0 Å². The van der Waals surface area contributed by atoms with E-state index in [4.69, 9.17) is 11.6 Å². The fourth-order valence-electron chi connectivity index (χ4n) is 1.38. The minimum absolute atomic E-state index is 0.0572. The molecule has 1 aliphatic heterocycles. The van der Waals surface area contributed by atoms with Gasteiger partial charge in [0.25, 0.3) is 0 Å². The molecule has 0 N–H and O–H groups in total. The molecule has 19 heavy (non-hydrogen) atoms. The fraction of sp³-hybridized carbons (Fsp3) is 0.222. The van der Waals surface area contributed by atoms with Crippen molar-refractivity contribution in [2.24, 2.45) is 0 Å². The van der Waals surface area contributed by atoms with Crippen LogP contribution in [0, 0.1) is 0 Å². The highest BCUT2D eigenvalue weighted by atomic mass is 35.5. The van der Waals surface area contributed by atoms with Gasteiger partial charge in [0, 0.05) is 5.56 Å². The first-order valence-electron chi connectivity index (χ1n) is 4.63. The lowest BCUT2D eigenvalue weighted by Gasteiger charge is -2.11. The molecule has 2 rings (SSSR count). The minimum Gasteiger partial charge on any atom is -0.457 e. The minimum atomic E-state index is -5.81. The molecular formula is C9H4ClF3O5S. The number of benzene rings is 1. The Morgan fingerprint density at radius 1 is 1.32 bits per heavy atom. The van der Waals surface area contributed by atoms with Crippen LogP contribution in [0.2, 0.25) is 5.02 Å². The molecule has 1 aliphatic rings. The maximum Gasteiger partial charge on any atom is 0.534 e. The summed E-state index contributed by atoms with van der Waals surface area (Å²) in [5.41, 5.74) is -5.43. The Kier molecular flexibility index (Phi) is 3.13. The lowest BCUT2D eigenvalue weighted by molar-refractivity contribution is -0.0500. The maximum atomic E-state index is 12.2. The summed E-state index contributed by atoms with van der Waals surface area (Å²) >= 11 is 5.69. The van der Waals surface area contributed by atoms with Crippen LogP contribution in [-0.2, 0) is 21.5 Å². The number of alkyl halides is 3. The number of fused-ring (bicyclic) bond motifs is 1. The first-order chi connectivity index (χ1) is 8.63. The van der Waals surface area contributed by atoms with Crippen LogP contribution in [0.1, 0.15) is 15.9 Å². The quantitative estimate of drug-likeness (QED) is 0.475. The van der Waals surface area contributed by atoms with Crippen molar-refractivity contribution in [1.29, 1.82) is 0 Å². The summed E-state index contributed by atoms with van der Waals surface area (Å²) in [7, 11) is -5.81. The van der Waals surface area contributed by atoms with Crippen LogP contribution < -0.4 is 4.18 Å². The number of halogens is 4. The van der Waals surface area contributed by atoms with Gasteiger partial charge in [-0.1, -0.05) is 11.6 Å². The van der Waals surface area contributed by atoms with Gasteiger partial charge in [-0.05, 0) is 12.1 Å². The van der Waals surface area contributed by atoms with Crippen LogP contribution in [0.15, 0.2) is 12.1 Å². The van der Waals surface area contributed by atoms with E-state index in [-0.39, 0.29) is 17.7 Å². The van der Waals surface area contributed by atoms with E-state index in [0.717, 1.165) is 12.1 Å². The molecule has 0 amide bonds. The zero-order valence-electron chi connectivity index (χ0n) is 8.82. The largest absolute Gasteiger partial charge is 0.534 e. The molecule has 1 heterocycles. The summed E-state index contributed by atoms with van der Waals surface area (Å²) in [6.07, 6.45) is 0. The van der Waals surface area contributed by atoms with Crippen LogP contribution in [0.3, 0.4) is 0 Å². The van der Waals surface area contributed by atoms with Gasteiger partial charge < -0.3 is 8.92 Å². The highest BCUT2D eigenvalue weighted by molar-refractivity contribution is 7.88. The number of carbonyl (C=O) groups excluding carboxylic acids is 1. The molecule has 0 aromatic heterocycles. The van der Waals surface area contributed by atoms with Crippen molar-refractivity contribution < 1.29 is 35.3 Å². The topological polar surface area (TPSA) is 69.7 Å². The molecule has 104 valence electrons. The van der Waals surface area contributed by atoms with Gasteiger partial charge in [0.15, 0.2) is 5.75 Å². The summed E-state index contributed by atoms with van der Waals surface area (Å²) in [6, 6.07) is 1.94. The third-order valence-electron chi connectivity index (χ3n) is 2.26. The van der Waals surface area contributed by atoms with Crippen LogP contribution >= 0.6 is 11.6 Å². The first-order valence-corrected chi connectivity index (χ1v) is 6.41. The van der Waals surface area contributed by atoms with E-state index in [1.54, 1.807) is 0 Å². The van der Waals surface area contributed by atoms with E-state index in [1.807, 2.05) is 0 Å². The van der Waals surface area contributed by atoms with Crippen molar-refractivity contribution in [3.63, 3.8) is 0 Å². The lowest BCUT2D eigenvalue weighted by atomic mass is 10.1. The maximum absolute atomic E-state index is 12.2. The van der Waals surface area contributed by atoms with Gasteiger partial charge in [0.1, 0.15) is 6.61 Å². The Morgan fingerprint density at radius 2 is 1.95 bits per heavy atom. The monoisotopic (exact) mass is 316 g/mol. The lowest BCUT2D eigenvalue weighted by Crippen LogP contribution is -2.28. The molecule has 0 fully saturated rings. The van der Waals surface area contributed by atoms with Crippen LogP contribution in [0.25, 0.3) is 0 Å². The molecule has 5 nitrogen and oxygen atoms in total. The number of hydrogen-bond donors (Lipinski definition) is 0. The van der Waals surface area contributed by atoms with E-state index in [1.165, 1.54) is 0 Å². The third kappa shape index (κ3) is 2.35. The van der Waals surface area contributed by atoms with Crippen molar-refractivity contribution in [1.82, 2.24) is 0 Å². The predicted octanol–water partition coefficient (Wildman–Crippen LogP) is 2.24. The van der Waals surface area contributed by atoms with Gasteiger partial charge in [0.05, 0.1) is 10.6 Å². The number of ether oxygens (including phenoxy) is 1. The Balaban J connectivity index is 2.42. The standard InChI is InChI=1S/C9H4ClF3O5S/c10-7-5-3-17-8(14)4(5)1-2-6(7)18-19(15,16)9(11,12)13/h1-2H,3H2. The van der Waals surface area contributed by atoms with Crippen LogP contribution in [0.4, 0.5) is 13.2 Å². The summed E-state index contributed by atoms with van der Waals surface area (Å²) in [5, 5.41) is -0.406. The third-order valence-corrected chi connectivity index (χ3v) is 3.64. The molecule has 1 aromatic rings. The second kappa shape index (κ2) is 4.27. The average molecular weight is 317 g/mol. The van der Waals surface area contributed by atoms with E-state index in [2.05, 4.69) is 8.92 Å². The highest BCUT2D eigenvalue weighted by Gasteiger charge is 2.49. The molecular weight excluding hydrogens is 313 g/mol. The van der Waals surface area contributed by atoms with Crippen molar-refractivity contribution in [2.75, 3.05) is 0 Å². The number of esters is 1.